The van der Waals surface area contributed by atoms with Crippen LogP contribution >= 0.6 is 11.6 Å². The van der Waals surface area contributed by atoms with E-state index in [-0.39, 0.29) is 60.1 Å². The molecule has 0 amide bonds. The average molecular weight is 170 g/mol. The van der Waals surface area contributed by atoms with Crippen molar-refractivity contribution in [3.8, 4) is 0 Å². The quantitative estimate of drug-likeness (QED) is 0.479. The van der Waals surface area contributed by atoms with Crippen molar-refractivity contribution in [2.75, 3.05) is 0 Å². The number of halogens is 1. The predicted molar refractivity (Wildman–Crippen MR) is 24.0 cm³/mol. The van der Waals surface area contributed by atoms with E-state index in [1.807, 2.05) is 0 Å². The van der Waals surface area contributed by atoms with Crippen LogP contribution in [0.5, 0.6) is 0 Å². The number of rotatable bonds is 0. The van der Waals surface area contributed by atoms with Crippen LogP contribution in [0.25, 0.3) is 0 Å². The molecule has 3 heteroatoms. The standard InChI is InChI=1S/C2H3Cl.Ca.Zn.2H/c1-2-3;;;;/h2H,1H2;;;;/q;+2;;2*-1. The van der Waals surface area contributed by atoms with Crippen molar-refractivity contribution < 1.29 is 22.3 Å². The summed E-state index contributed by atoms with van der Waals surface area (Å²) in [6.07, 6.45) is 0. The fraction of sp³-hybridized carbons (Fsp3) is 0. The molecule has 0 fully saturated rings. The van der Waals surface area contributed by atoms with Gasteiger partial charge in [0.05, 0.1) is 0 Å². The second-order valence-electron chi connectivity index (χ2n) is 0.154. The van der Waals surface area contributed by atoms with Crippen molar-refractivity contribution in [2.45, 2.75) is 0 Å². The van der Waals surface area contributed by atoms with Gasteiger partial charge in [-0.1, -0.05) is 18.2 Å². The van der Waals surface area contributed by atoms with Crippen LogP contribution in [-0.2, 0) is 19.5 Å². The van der Waals surface area contributed by atoms with Crippen LogP contribution in [0.3, 0.4) is 0 Å². The van der Waals surface area contributed by atoms with E-state index in [9.17, 15) is 0 Å². The molecule has 0 saturated heterocycles. The van der Waals surface area contributed by atoms with Gasteiger partial charge in [0.1, 0.15) is 0 Å². The maximum Gasteiger partial charge on any atom is 2.00 e. The number of hydrogen-bond donors (Lipinski definition) is 0. The van der Waals surface area contributed by atoms with Gasteiger partial charge in [-0.25, -0.2) is 0 Å². The van der Waals surface area contributed by atoms with Gasteiger partial charge in [0.25, 0.3) is 0 Å². The Labute approximate surface area is 82.7 Å². The van der Waals surface area contributed by atoms with Crippen LogP contribution in [0.15, 0.2) is 12.1 Å². The van der Waals surface area contributed by atoms with Gasteiger partial charge >= 0.3 is 37.7 Å². The normalized spacial score (nSPS) is 2.60. The first-order valence-electron chi connectivity index (χ1n) is 0.626. The van der Waals surface area contributed by atoms with Crippen LogP contribution in [-0.4, -0.2) is 37.7 Å². The van der Waals surface area contributed by atoms with E-state index in [0.717, 1.165) is 0 Å². The zero-order valence-electron chi connectivity index (χ0n) is 5.08. The Morgan fingerprint density at radius 3 is 1.80 bits per heavy atom. The largest absolute Gasteiger partial charge is 2.00 e. The molecule has 0 bridgehead atoms. The summed E-state index contributed by atoms with van der Waals surface area (Å²) in [5.41, 5.74) is 1.22. The molecule has 5 heavy (non-hydrogen) atoms. The van der Waals surface area contributed by atoms with Crippen LogP contribution in [0.1, 0.15) is 2.85 Å². The molecule has 0 nitrogen and oxygen atoms in total. The third-order valence-electron chi connectivity index (χ3n) is 0. The zero-order chi connectivity index (χ0) is 2.71. The van der Waals surface area contributed by atoms with Gasteiger partial charge in [-0.3, -0.25) is 0 Å². The van der Waals surface area contributed by atoms with Crippen molar-refractivity contribution in [1.82, 2.24) is 0 Å². The summed E-state index contributed by atoms with van der Waals surface area (Å²) < 4.78 is 0. The Morgan fingerprint density at radius 2 is 1.80 bits per heavy atom. The summed E-state index contributed by atoms with van der Waals surface area (Å²) in [6, 6.07) is 0. The maximum absolute atomic E-state index is 4.76. The molecule has 0 atom stereocenters. The van der Waals surface area contributed by atoms with Gasteiger partial charge in [-0.2, -0.15) is 0 Å². The van der Waals surface area contributed by atoms with E-state index in [4.69, 9.17) is 11.6 Å². The molecular weight excluding hydrogens is 165 g/mol. The Hall–Kier alpha value is 1.91. The minimum Gasteiger partial charge on any atom is -1.00 e. The third kappa shape index (κ3) is 24.7. The van der Waals surface area contributed by atoms with Crippen molar-refractivity contribution in [3.05, 3.63) is 12.1 Å². The molecule has 0 aliphatic heterocycles. The third-order valence-corrected chi connectivity index (χ3v) is 0. The maximum atomic E-state index is 4.76. The van der Waals surface area contributed by atoms with Gasteiger partial charge < -0.3 is 2.85 Å². The van der Waals surface area contributed by atoms with Crippen LogP contribution in [0, 0.1) is 0 Å². The van der Waals surface area contributed by atoms with E-state index in [0.29, 0.717) is 0 Å². The molecule has 0 radical (unpaired) electrons. The summed E-state index contributed by atoms with van der Waals surface area (Å²) in [6.45, 7) is 3.13. The first-order chi connectivity index (χ1) is 1.41. The molecular formula is C2H5CaClZn. The fourth-order valence-electron chi connectivity index (χ4n) is 0. The van der Waals surface area contributed by atoms with Crippen molar-refractivity contribution in [1.29, 1.82) is 0 Å². The molecule has 0 N–H and O–H groups in total. The summed E-state index contributed by atoms with van der Waals surface area (Å²) in [5, 5.41) is 0. The summed E-state index contributed by atoms with van der Waals surface area (Å²) in [7, 11) is 0. The molecule has 0 rings (SSSR count). The summed E-state index contributed by atoms with van der Waals surface area (Å²) >= 11 is 4.76. The average Bonchev–Trinajstić information content (AvgIpc) is 0.918. The first kappa shape index (κ1) is 15.8. The Morgan fingerprint density at radius 1 is 1.80 bits per heavy atom. The molecule has 0 heterocycles. The Kier molecular flexibility index (Phi) is 53.1. The molecule has 0 aromatic heterocycles. The minimum atomic E-state index is 0. The molecule has 0 aromatic carbocycles. The number of hydrogen-bond acceptors (Lipinski definition) is 0. The SMILES string of the molecule is C=CCl.[Ca+2].[H-].[H-].[Zn]. The van der Waals surface area contributed by atoms with E-state index < -0.39 is 0 Å². The molecule has 0 aromatic rings. The topological polar surface area (TPSA) is 0 Å². The Bertz CT molecular complexity index is 23.2. The van der Waals surface area contributed by atoms with Crippen LogP contribution in [0.2, 0.25) is 0 Å². The van der Waals surface area contributed by atoms with E-state index in [1.165, 1.54) is 5.54 Å². The van der Waals surface area contributed by atoms with E-state index >= 15 is 0 Å². The smallest absolute Gasteiger partial charge is 1.00 e. The predicted octanol–water partition coefficient (Wildman–Crippen LogP) is 1.21. The molecule has 0 aliphatic rings. The molecule has 24 valence electrons. The minimum absolute atomic E-state index is 0. The summed E-state index contributed by atoms with van der Waals surface area (Å²) in [4.78, 5) is 0. The molecule has 0 spiro atoms. The van der Waals surface area contributed by atoms with Gasteiger partial charge in [0.15, 0.2) is 0 Å². The van der Waals surface area contributed by atoms with Crippen molar-refractivity contribution >= 4 is 49.3 Å². The van der Waals surface area contributed by atoms with Crippen LogP contribution in [0.4, 0.5) is 0 Å². The van der Waals surface area contributed by atoms with Gasteiger partial charge in [0, 0.05) is 19.5 Å². The molecule has 0 aliphatic carbocycles. The second kappa shape index (κ2) is 16.8. The fourth-order valence-corrected chi connectivity index (χ4v) is 0. The Balaban J connectivity index is -0.00000000333. The van der Waals surface area contributed by atoms with Gasteiger partial charge in [-0.15, -0.1) is 0 Å². The van der Waals surface area contributed by atoms with Gasteiger partial charge in [0.2, 0.25) is 0 Å². The van der Waals surface area contributed by atoms with E-state index in [2.05, 4.69) is 6.58 Å². The molecule has 0 unspecified atom stereocenters. The molecule has 0 saturated carbocycles. The zero-order valence-corrected chi connectivity index (χ0v) is 9.01. The van der Waals surface area contributed by atoms with Crippen LogP contribution < -0.4 is 0 Å². The summed E-state index contributed by atoms with van der Waals surface area (Å²) in [5.74, 6) is 0. The first-order valence-corrected chi connectivity index (χ1v) is 1.06. The van der Waals surface area contributed by atoms with Gasteiger partial charge in [-0.05, 0) is 5.54 Å². The van der Waals surface area contributed by atoms with Crippen molar-refractivity contribution in [2.24, 2.45) is 0 Å². The second-order valence-corrected chi connectivity index (χ2v) is 0.463. The van der Waals surface area contributed by atoms with Crippen molar-refractivity contribution in [3.63, 3.8) is 0 Å². The monoisotopic (exact) mass is 168 g/mol. The van der Waals surface area contributed by atoms with E-state index in [1.54, 1.807) is 0 Å².